The van der Waals surface area contributed by atoms with Crippen LogP contribution in [-0.2, 0) is 20.2 Å². The second kappa shape index (κ2) is 8.69. The number of rotatable bonds is 0. The second-order valence-corrected chi connectivity index (χ2v) is 2.72. The van der Waals surface area contributed by atoms with Gasteiger partial charge in [-0.3, -0.25) is 9.11 Å². The fourth-order valence-electron chi connectivity index (χ4n) is 0. The smallest absolute Gasteiger partial charge is 0.444 e. The van der Waals surface area contributed by atoms with Crippen molar-refractivity contribution in [2.24, 2.45) is 5.34 Å². The summed E-state index contributed by atoms with van der Waals surface area (Å²) in [6, 6.07) is 0. The van der Waals surface area contributed by atoms with Gasteiger partial charge in [-0.1, -0.05) is 0 Å². The van der Waals surface area contributed by atoms with Crippen molar-refractivity contribution in [3.05, 3.63) is 10.1 Å². The van der Waals surface area contributed by atoms with Crippen LogP contribution in [0.3, 0.4) is 0 Å². The third-order valence-corrected chi connectivity index (χ3v) is 0. The molecule has 0 aromatic carbocycles. The molecule has 0 heterocycles. The molecule has 0 amide bonds. The molecule has 0 aliphatic carbocycles. The molecule has 0 aliphatic rings. The second-order valence-electron chi connectivity index (χ2n) is 0.522. The van der Waals surface area contributed by atoms with E-state index in [1.807, 2.05) is 0 Å². The van der Waals surface area contributed by atoms with Crippen molar-refractivity contribution in [2.75, 3.05) is 0 Å². The molecule has 0 fully saturated rings. The molecule has 0 unspecified atom stereocenters. The molecule has 0 aliphatic heterocycles. The van der Waals surface area contributed by atoms with Crippen molar-refractivity contribution in [1.82, 2.24) is 0 Å². The van der Waals surface area contributed by atoms with E-state index < -0.39 is 9.05 Å². The molecular formula is H2NNaO5S2. The van der Waals surface area contributed by atoms with Crippen LogP contribution < -0.4 is 29.6 Å². The van der Waals surface area contributed by atoms with Crippen LogP contribution in [0.5, 0.6) is 0 Å². The van der Waals surface area contributed by atoms with E-state index in [9.17, 15) is 0 Å². The maximum absolute atomic E-state index is 9.11. The zero-order chi connectivity index (χ0) is 7.21. The Hall–Kier alpha value is 0.690. The van der Waals surface area contributed by atoms with Crippen LogP contribution >= 0.6 is 0 Å². The van der Waals surface area contributed by atoms with Crippen LogP contribution in [0.4, 0.5) is 0 Å². The Morgan fingerprint density at radius 1 is 1.56 bits per heavy atom. The summed E-state index contributed by atoms with van der Waals surface area (Å²) < 4.78 is 24.0. The first-order chi connectivity index (χ1) is 3.41. The number of hydrogen-bond donors (Lipinski definition) is 2. The minimum atomic E-state index is -3.83. The maximum Gasteiger partial charge on any atom is 1.00 e. The largest absolute Gasteiger partial charge is 1.00 e. The van der Waals surface area contributed by atoms with E-state index in [0.29, 0.717) is 0 Å². The van der Waals surface area contributed by atoms with E-state index in [1.54, 1.807) is 0 Å². The zero-order valence-electron chi connectivity index (χ0n) is 4.38. The monoisotopic (exact) mass is 183 g/mol. The van der Waals surface area contributed by atoms with Crippen LogP contribution in [0, 0.1) is 10.1 Å². The number of nitrogens with zero attached hydrogens (tertiary/aromatic N) is 1. The van der Waals surface area contributed by atoms with E-state index in [4.69, 9.17) is 23.4 Å². The summed E-state index contributed by atoms with van der Waals surface area (Å²) in [5.74, 6) is 0. The van der Waals surface area contributed by atoms with Crippen molar-refractivity contribution in [3.8, 4) is 0 Å². The molecule has 0 rings (SSSR count). The van der Waals surface area contributed by atoms with Crippen LogP contribution in [-0.4, -0.2) is 13.3 Å². The first-order valence-corrected chi connectivity index (χ1v) is 3.46. The van der Waals surface area contributed by atoms with Gasteiger partial charge in [0.1, 0.15) is 0 Å². The predicted molar refractivity (Wildman–Crippen MR) is 29.9 cm³/mol. The van der Waals surface area contributed by atoms with E-state index in [2.05, 4.69) is 11.2 Å². The topological polar surface area (TPSA) is 110 Å². The first kappa shape index (κ1) is 16.3. The van der Waals surface area contributed by atoms with Gasteiger partial charge in [0.05, 0.1) is 0 Å². The van der Waals surface area contributed by atoms with Gasteiger partial charge in [-0.15, -0.1) is 5.34 Å². The summed E-state index contributed by atoms with van der Waals surface area (Å²) in [5.41, 5.74) is 0. The molecule has 50 valence electrons. The van der Waals surface area contributed by atoms with Crippen LogP contribution in [0.1, 0.15) is 0 Å². The molecule has 0 radical (unpaired) electrons. The molecule has 0 atom stereocenters. The van der Waals surface area contributed by atoms with Gasteiger partial charge < -0.3 is 10.1 Å². The van der Waals surface area contributed by atoms with Crippen molar-refractivity contribution in [3.63, 3.8) is 0 Å². The Bertz CT molecular complexity index is 129. The van der Waals surface area contributed by atoms with Crippen molar-refractivity contribution >= 4 is 20.2 Å². The molecule has 0 saturated heterocycles. The van der Waals surface area contributed by atoms with Crippen LogP contribution in [0.15, 0.2) is 5.34 Å². The fraction of sp³-hybridized carbons (Fsp3) is 0. The Morgan fingerprint density at radius 3 is 1.56 bits per heavy atom. The van der Waals surface area contributed by atoms with Crippen molar-refractivity contribution in [2.45, 2.75) is 0 Å². The molecule has 0 aromatic rings. The molecular weight excluding hydrogens is 181 g/mol. The summed E-state index contributed by atoms with van der Waals surface area (Å²) in [7, 11) is -3.83. The van der Waals surface area contributed by atoms with Gasteiger partial charge in [-0.2, -0.15) is 4.21 Å². The average Bonchev–Trinajstić information content (AvgIpc) is 1.27. The Labute approximate surface area is 78.2 Å². The molecule has 9 heteroatoms. The van der Waals surface area contributed by atoms with Gasteiger partial charge in [-0.05, 0) is 0 Å². The van der Waals surface area contributed by atoms with Gasteiger partial charge in [0.2, 0.25) is 0 Å². The quantitative estimate of drug-likeness (QED) is 0.234. The SMILES string of the molecule is O=N[O-].O=S(O)(O)=S.[Na+]. The Morgan fingerprint density at radius 2 is 1.56 bits per heavy atom. The summed E-state index contributed by atoms with van der Waals surface area (Å²) in [6.07, 6.45) is 0. The van der Waals surface area contributed by atoms with Crippen molar-refractivity contribution in [1.29, 1.82) is 0 Å². The van der Waals surface area contributed by atoms with Crippen molar-refractivity contribution < 1.29 is 42.9 Å². The standard InChI is InChI=1S/HNO2.Na.H2O3S2/c2-1-3;;1-5(2,3)4/h(H,2,3);;(H2,1,2,3,4)/q;+1;/p-1. The normalized spacial score (nSPS) is 7.78. The van der Waals surface area contributed by atoms with E-state index in [-0.39, 0.29) is 29.6 Å². The zero-order valence-corrected chi connectivity index (χ0v) is 8.02. The molecule has 0 saturated carbocycles. The van der Waals surface area contributed by atoms with Gasteiger partial charge in [0, 0.05) is 11.2 Å². The Kier molecular flexibility index (Phi) is 15.8. The minimum absolute atomic E-state index is 0. The maximum atomic E-state index is 9.11. The van der Waals surface area contributed by atoms with E-state index in [1.165, 1.54) is 0 Å². The van der Waals surface area contributed by atoms with Crippen LogP contribution in [0.2, 0.25) is 0 Å². The molecule has 2 N–H and O–H groups in total. The first-order valence-electron chi connectivity index (χ1n) is 1.06. The number of hydrogen-bond acceptors (Lipinski definition) is 5. The molecule has 6 nitrogen and oxygen atoms in total. The molecule has 9 heavy (non-hydrogen) atoms. The van der Waals surface area contributed by atoms with Gasteiger partial charge in [0.25, 0.3) is 9.05 Å². The predicted octanol–water partition coefficient (Wildman–Crippen LogP) is -3.07. The summed E-state index contributed by atoms with van der Waals surface area (Å²) in [6.45, 7) is 0. The van der Waals surface area contributed by atoms with Gasteiger partial charge in [0.15, 0.2) is 0 Å². The fourth-order valence-corrected chi connectivity index (χ4v) is 0. The molecule has 0 aromatic heterocycles. The summed E-state index contributed by atoms with van der Waals surface area (Å²) in [5, 5.41) is 9.00. The van der Waals surface area contributed by atoms with Gasteiger partial charge in [-0.25, -0.2) is 0 Å². The third kappa shape index (κ3) is 817. The minimum Gasteiger partial charge on any atom is -0.444 e. The van der Waals surface area contributed by atoms with E-state index >= 15 is 0 Å². The Balaban J connectivity index is -0.0000000800. The van der Waals surface area contributed by atoms with Gasteiger partial charge >= 0.3 is 29.6 Å². The van der Waals surface area contributed by atoms with Crippen LogP contribution in [0.25, 0.3) is 0 Å². The third-order valence-electron chi connectivity index (χ3n) is 0. The van der Waals surface area contributed by atoms with E-state index in [0.717, 1.165) is 5.34 Å². The average molecular weight is 183 g/mol. The molecule has 0 bridgehead atoms. The molecule has 0 spiro atoms. The summed E-state index contributed by atoms with van der Waals surface area (Å²) in [4.78, 5) is 8.00. The summed E-state index contributed by atoms with van der Waals surface area (Å²) >= 11 is 3.47.